The van der Waals surface area contributed by atoms with E-state index in [9.17, 15) is 0 Å². The minimum absolute atomic E-state index is 0.318. The summed E-state index contributed by atoms with van der Waals surface area (Å²) >= 11 is 0. The summed E-state index contributed by atoms with van der Waals surface area (Å²) in [5.41, 5.74) is 41.4. The molecule has 1 aromatic heterocycles. The second-order valence-electron chi connectivity index (χ2n) is 31.0. The largest absolute Gasteiger partial charge is 0.356 e. The third-order valence-corrected chi connectivity index (χ3v) is 24.1. The summed E-state index contributed by atoms with van der Waals surface area (Å²) < 4.78 is 2.59. The summed E-state index contributed by atoms with van der Waals surface area (Å²) in [5, 5.41) is 6.86. The van der Waals surface area contributed by atoms with Crippen molar-refractivity contribution in [1.29, 1.82) is 0 Å². The van der Waals surface area contributed by atoms with Gasteiger partial charge in [0.15, 0.2) is 0 Å². The van der Waals surface area contributed by atoms with E-state index in [1.807, 2.05) is 0 Å². The van der Waals surface area contributed by atoms with Gasteiger partial charge in [-0.05, 0) is 235 Å². The van der Waals surface area contributed by atoms with Gasteiger partial charge in [-0.3, -0.25) is 0 Å². The number of hydrogen-bond acceptors (Lipinski definition) is 2. The van der Waals surface area contributed by atoms with Crippen molar-refractivity contribution in [3.05, 3.63) is 455 Å². The zero-order valence-corrected chi connectivity index (χ0v) is 64.8. The van der Waals surface area contributed by atoms with Crippen LogP contribution in [0.1, 0.15) is 0 Å². The molecule has 0 saturated heterocycles. The quantitative estimate of drug-likeness (QED) is 0.103. The molecule has 0 atom stereocenters. The van der Waals surface area contributed by atoms with Crippen LogP contribution in [0, 0.1) is 0 Å². The van der Waals surface area contributed by atoms with Gasteiger partial charge in [0, 0.05) is 50.2 Å². The van der Waals surface area contributed by atoms with Gasteiger partial charge in [0.25, 0.3) is 6.71 Å². The van der Waals surface area contributed by atoms with E-state index in [0.717, 1.165) is 190 Å². The monoisotopic (exact) mass is 1500 g/mol. The van der Waals surface area contributed by atoms with Crippen molar-refractivity contribution in [3.63, 3.8) is 0 Å². The number of nitrogens with zero attached hydrogens (tertiary/aromatic N) is 2. The van der Waals surface area contributed by atoms with E-state index in [4.69, 9.17) is 0 Å². The van der Waals surface area contributed by atoms with Crippen molar-refractivity contribution in [2.24, 2.45) is 0 Å². The zero-order valence-electron chi connectivity index (χ0n) is 64.8. The van der Waals surface area contributed by atoms with Crippen LogP contribution in [-0.4, -0.2) is 11.3 Å². The number of hydrogen-bond donors (Lipinski definition) is 1. The number of nitrogens with one attached hydrogen (secondary N) is 1. The van der Waals surface area contributed by atoms with Crippen molar-refractivity contribution in [1.82, 2.24) is 4.57 Å². The zero-order chi connectivity index (χ0) is 78.0. The van der Waals surface area contributed by atoms with Crippen LogP contribution in [0.4, 0.5) is 28.4 Å². The molecule has 118 heavy (non-hydrogen) atoms. The lowest BCUT2D eigenvalue weighted by atomic mass is 9.33. The van der Waals surface area contributed by atoms with Gasteiger partial charge < -0.3 is 14.8 Å². The molecule has 0 bridgehead atoms. The molecule has 0 fully saturated rings. The lowest BCUT2D eigenvalue weighted by Gasteiger charge is -2.43. The molecule has 0 saturated carbocycles. The van der Waals surface area contributed by atoms with Gasteiger partial charge >= 0.3 is 0 Å². The maximum absolute atomic E-state index is 4.51. The Bertz CT molecular complexity index is 6910. The maximum atomic E-state index is 4.51. The molecular weight excluding hydrogens is 1420 g/mol. The maximum Gasteiger partial charge on any atom is 0.252 e. The average molecular weight is 1500 g/mol. The van der Waals surface area contributed by atoms with Gasteiger partial charge in [-0.15, -0.1) is 0 Å². The highest BCUT2D eigenvalue weighted by atomic mass is 15.2. The van der Waals surface area contributed by atoms with Crippen LogP contribution in [0.5, 0.6) is 0 Å². The lowest BCUT2D eigenvalue weighted by molar-refractivity contribution is 1.17. The van der Waals surface area contributed by atoms with Gasteiger partial charge in [-0.2, -0.15) is 0 Å². The molecule has 2 aliphatic heterocycles. The van der Waals surface area contributed by atoms with Crippen molar-refractivity contribution in [2.45, 2.75) is 0 Å². The van der Waals surface area contributed by atoms with Crippen molar-refractivity contribution in [3.8, 4) is 150 Å². The Balaban J connectivity index is 0.912. The second kappa shape index (κ2) is 29.6. The fourth-order valence-corrected chi connectivity index (χ4v) is 18.7. The summed E-state index contributed by atoms with van der Waals surface area (Å²) in [6.45, 7) is -0.318. The first-order valence-corrected chi connectivity index (χ1v) is 40.8. The van der Waals surface area contributed by atoms with E-state index in [0.29, 0.717) is 0 Å². The fourth-order valence-electron chi connectivity index (χ4n) is 18.7. The molecule has 550 valence electrons. The van der Waals surface area contributed by atoms with Gasteiger partial charge in [-0.25, -0.2) is 0 Å². The molecule has 0 unspecified atom stereocenters. The number of rotatable bonds is 15. The third kappa shape index (κ3) is 12.3. The van der Waals surface area contributed by atoms with Gasteiger partial charge in [0.05, 0.1) is 22.4 Å². The van der Waals surface area contributed by atoms with Crippen molar-refractivity contribution in [2.75, 3.05) is 10.2 Å². The SMILES string of the molecule is c1ccc(-c2cc(-c3ccccc3)cc(-c3cc(-c4ccccc4)c(N4c5ccc(-c6ccccc6)cc5B5c6cc(-c7ccccc7)ccc6Nc6c5c4cc(-n4c5ccccc5c5ccccc54)c6-c4cc(-c5ccccc5)c(-c5cc(-c6ccccc6)cc(-c6ccccc6)c5)c(-c5ccccc5)c4)c(-c4ccccc4)c3)c2)cc1. The van der Waals surface area contributed by atoms with Crippen LogP contribution in [0.15, 0.2) is 455 Å². The van der Waals surface area contributed by atoms with Crippen LogP contribution in [-0.2, 0) is 0 Å². The molecule has 3 heterocycles. The Morgan fingerprint density at radius 1 is 0.195 bits per heavy atom. The average Bonchev–Trinajstić information content (AvgIpc) is 0.914. The minimum atomic E-state index is -0.318. The summed E-state index contributed by atoms with van der Waals surface area (Å²) in [4.78, 5) is 2.69. The van der Waals surface area contributed by atoms with E-state index < -0.39 is 0 Å². The van der Waals surface area contributed by atoms with Gasteiger partial charge in [0.1, 0.15) is 0 Å². The van der Waals surface area contributed by atoms with Crippen LogP contribution >= 0.6 is 0 Å². The Kier molecular flexibility index (Phi) is 17.4. The number of fused-ring (bicyclic) bond motifs is 7. The molecule has 2 aliphatic rings. The van der Waals surface area contributed by atoms with Gasteiger partial charge in [-0.1, -0.05) is 364 Å². The topological polar surface area (TPSA) is 20.2 Å². The first kappa shape index (κ1) is 69.4. The Morgan fingerprint density at radius 3 is 0.907 bits per heavy atom. The lowest BCUT2D eigenvalue weighted by Crippen LogP contribution is -2.60. The molecule has 20 aromatic rings. The highest BCUT2D eigenvalue weighted by Crippen LogP contribution is 2.56. The number of benzene rings is 19. The Morgan fingerprint density at radius 2 is 0.500 bits per heavy atom. The molecule has 0 spiro atoms. The minimum Gasteiger partial charge on any atom is -0.356 e. The normalized spacial score (nSPS) is 11.9. The van der Waals surface area contributed by atoms with Crippen LogP contribution in [0.25, 0.3) is 172 Å². The summed E-state index contributed by atoms with van der Waals surface area (Å²) in [6.07, 6.45) is 0. The molecule has 0 amide bonds. The van der Waals surface area contributed by atoms with E-state index in [1.54, 1.807) is 0 Å². The standard InChI is InChI=1S/C114H76BN3/c1-11-35-76(36-12-1)86-59-61-104-102(73-86)115-103-74-87(77-37-13-2-14-38-77)60-62-107(103)118(114-100(84-51-27-9-28-52-84)69-93(70-101(114)85-53-29-10-30-54-85)92-65-88(78-39-15-3-16-40-78)63-89(66-92)79-41-17-4-18-42-79)109-75-108(117-105-57-33-31-55-96(105)97-56-32-34-58-106(97)117)111(113(116-104)112(109)115)95-71-98(82-47-23-7-24-48-82)110(99(72-95)83-49-25-8-26-50-83)94-67-90(80-43-19-5-20-44-80)64-91(68-94)81-45-21-6-22-46-81/h1-75,116H. The number of anilines is 5. The van der Waals surface area contributed by atoms with Crippen LogP contribution in [0.2, 0.25) is 0 Å². The highest BCUT2D eigenvalue weighted by Gasteiger charge is 2.45. The molecule has 19 aromatic carbocycles. The first-order valence-electron chi connectivity index (χ1n) is 40.8. The van der Waals surface area contributed by atoms with Crippen LogP contribution < -0.4 is 26.6 Å². The number of aromatic nitrogens is 1. The van der Waals surface area contributed by atoms with E-state index >= 15 is 0 Å². The van der Waals surface area contributed by atoms with Crippen LogP contribution in [0.3, 0.4) is 0 Å². The smallest absolute Gasteiger partial charge is 0.252 e. The summed E-state index contributed by atoms with van der Waals surface area (Å²) in [6, 6.07) is 170. The van der Waals surface area contributed by atoms with Gasteiger partial charge in [0.2, 0.25) is 0 Å². The molecular formula is C114H76BN3. The molecule has 22 rings (SSSR count). The predicted molar refractivity (Wildman–Crippen MR) is 501 cm³/mol. The summed E-state index contributed by atoms with van der Waals surface area (Å²) in [5.74, 6) is 0. The molecule has 1 N–H and O–H groups in total. The Labute approximate surface area is 688 Å². The molecule has 3 nitrogen and oxygen atoms in total. The van der Waals surface area contributed by atoms with Crippen molar-refractivity contribution < 1.29 is 0 Å². The molecule has 0 radical (unpaired) electrons. The third-order valence-electron chi connectivity index (χ3n) is 24.1. The predicted octanol–water partition coefficient (Wildman–Crippen LogP) is 28.8. The Hall–Kier alpha value is -15.4. The second-order valence-corrected chi connectivity index (χ2v) is 31.0. The van der Waals surface area contributed by atoms with E-state index in [-0.39, 0.29) is 6.71 Å². The molecule has 4 heteroatoms. The number of para-hydroxylation sites is 2. The highest BCUT2D eigenvalue weighted by molar-refractivity contribution is 7.00. The fraction of sp³-hybridized carbons (Fsp3) is 0. The molecule has 0 aliphatic carbocycles. The van der Waals surface area contributed by atoms with E-state index in [1.165, 1.54) is 27.2 Å². The van der Waals surface area contributed by atoms with Crippen molar-refractivity contribution >= 4 is 73.3 Å². The summed E-state index contributed by atoms with van der Waals surface area (Å²) in [7, 11) is 0. The van der Waals surface area contributed by atoms with E-state index in [2.05, 4.69) is 470 Å². The first-order chi connectivity index (χ1) is 58.5.